The zero-order valence-electron chi connectivity index (χ0n) is 13.1. The number of aromatic nitrogens is 2. The number of aromatic hydroxyl groups is 1. The lowest BCUT2D eigenvalue weighted by Gasteiger charge is -2.15. The van der Waals surface area contributed by atoms with Gasteiger partial charge in [-0.2, -0.15) is 0 Å². The Morgan fingerprint density at radius 2 is 2.16 bits per heavy atom. The second-order valence-corrected chi connectivity index (χ2v) is 6.31. The molecule has 130 valence electrons. The van der Waals surface area contributed by atoms with Crippen molar-refractivity contribution in [3.8, 4) is 17.0 Å². The van der Waals surface area contributed by atoms with Crippen molar-refractivity contribution in [2.75, 3.05) is 12.3 Å². The van der Waals surface area contributed by atoms with Crippen molar-refractivity contribution < 1.29 is 9.90 Å². The minimum atomic E-state index is -0.256. The summed E-state index contributed by atoms with van der Waals surface area (Å²) < 4.78 is 0. The second kappa shape index (κ2) is 6.78. The third-order valence-electron chi connectivity index (χ3n) is 3.76. The van der Waals surface area contributed by atoms with Crippen molar-refractivity contribution in [2.24, 2.45) is 0 Å². The lowest BCUT2D eigenvalue weighted by atomic mass is 10.0. The van der Waals surface area contributed by atoms with Crippen molar-refractivity contribution >= 4 is 35.2 Å². The van der Waals surface area contributed by atoms with Gasteiger partial charge in [0.05, 0.1) is 35.1 Å². The smallest absolute Gasteiger partial charge is 0.318 e. The van der Waals surface area contributed by atoms with Crippen LogP contribution in [0.15, 0.2) is 24.8 Å². The topological polar surface area (TPSA) is 104 Å². The van der Waals surface area contributed by atoms with Crippen LogP contribution in [0.3, 0.4) is 0 Å². The molecule has 0 saturated carbocycles. The standard InChI is InChI=1S/C16H15Cl2N5O2/c1-2-3-20-16(25)23-6-9-11(7-23)21-15(19)22-14(9)13-10(18)4-8(17)5-12(13)24/h2,4-5,24H,1,3,6-7H2,(H,20,25)(H2,19,21,22). The van der Waals surface area contributed by atoms with Gasteiger partial charge in [-0.15, -0.1) is 6.58 Å². The molecule has 3 rings (SSSR count). The third-order valence-corrected chi connectivity index (χ3v) is 4.27. The van der Waals surface area contributed by atoms with Gasteiger partial charge in [-0.25, -0.2) is 14.8 Å². The number of hydrogen-bond donors (Lipinski definition) is 3. The minimum Gasteiger partial charge on any atom is -0.507 e. The second-order valence-electron chi connectivity index (χ2n) is 5.47. The maximum atomic E-state index is 12.2. The molecule has 0 radical (unpaired) electrons. The van der Waals surface area contributed by atoms with Crippen LogP contribution in [0.4, 0.5) is 10.7 Å². The Balaban J connectivity index is 2.04. The van der Waals surface area contributed by atoms with E-state index in [0.29, 0.717) is 34.1 Å². The largest absolute Gasteiger partial charge is 0.507 e. The van der Waals surface area contributed by atoms with E-state index in [2.05, 4.69) is 21.9 Å². The van der Waals surface area contributed by atoms with E-state index in [-0.39, 0.29) is 35.8 Å². The van der Waals surface area contributed by atoms with Crippen molar-refractivity contribution in [1.82, 2.24) is 20.2 Å². The number of urea groups is 1. The van der Waals surface area contributed by atoms with E-state index in [1.807, 2.05) is 0 Å². The number of nitrogens with one attached hydrogen (secondary N) is 1. The van der Waals surface area contributed by atoms with Crippen LogP contribution in [0.25, 0.3) is 11.3 Å². The molecule has 2 aromatic rings. The van der Waals surface area contributed by atoms with Gasteiger partial charge in [0.1, 0.15) is 5.75 Å². The van der Waals surface area contributed by atoms with Crippen LogP contribution in [0.5, 0.6) is 5.75 Å². The summed E-state index contributed by atoms with van der Waals surface area (Å²) in [4.78, 5) is 22.2. The van der Waals surface area contributed by atoms with Crippen molar-refractivity contribution in [3.05, 3.63) is 46.1 Å². The summed E-state index contributed by atoms with van der Waals surface area (Å²) in [5, 5.41) is 13.5. The molecule has 0 aliphatic carbocycles. The third kappa shape index (κ3) is 3.33. The van der Waals surface area contributed by atoms with E-state index in [1.54, 1.807) is 11.0 Å². The Hall–Kier alpha value is -2.51. The van der Waals surface area contributed by atoms with Crippen LogP contribution < -0.4 is 11.1 Å². The molecule has 2 amide bonds. The van der Waals surface area contributed by atoms with Gasteiger partial charge in [-0.05, 0) is 12.1 Å². The normalized spacial score (nSPS) is 12.8. The number of benzene rings is 1. The van der Waals surface area contributed by atoms with Gasteiger partial charge >= 0.3 is 6.03 Å². The first kappa shape index (κ1) is 17.3. The predicted molar refractivity (Wildman–Crippen MR) is 96.4 cm³/mol. The first-order chi connectivity index (χ1) is 11.9. The zero-order chi connectivity index (χ0) is 18.1. The molecule has 25 heavy (non-hydrogen) atoms. The summed E-state index contributed by atoms with van der Waals surface area (Å²) in [7, 11) is 0. The van der Waals surface area contributed by atoms with E-state index in [1.165, 1.54) is 12.1 Å². The van der Waals surface area contributed by atoms with E-state index in [9.17, 15) is 9.90 Å². The van der Waals surface area contributed by atoms with E-state index in [4.69, 9.17) is 28.9 Å². The van der Waals surface area contributed by atoms with Gasteiger partial charge in [0.25, 0.3) is 0 Å². The van der Waals surface area contributed by atoms with E-state index >= 15 is 0 Å². The van der Waals surface area contributed by atoms with Crippen molar-refractivity contribution in [3.63, 3.8) is 0 Å². The molecule has 0 atom stereocenters. The molecule has 1 aromatic carbocycles. The highest BCUT2D eigenvalue weighted by Crippen LogP contribution is 2.41. The summed E-state index contributed by atoms with van der Waals surface area (Å²) in [5.74, 6) is -0.0834. The molecule has 1 aliphatic rings. The SMILES string of the molecule is C=CCNC(=O)N1Cc2nc(N)nc(-c3c(O)cc(Cl)cc3Cl)c2C1. The van der Waals surface area contributed by atoms with Gasteiger partial charge in [0.15, 0.2) is 0 Å². The van der Waals surface area contributed by atoms with E-state index in [0.717, 1.165) is 0 Å². The average molecular weight is 380 g/mol. The molecule has 4 N–H and O–H groups in total. The van der Waals surface area contributed by atoms with Crippen molar-refractivity contribution in [2.45, 2.75) is 13.1 Å². The van der Waals surface area contributed by atoms with Crippen LogP contribution in [-0.4, -0.2) is 32.6 Å². The number of carbonyl (C=O) groups excluding carboxylic acids is 1. The summed E-state index contributed by atoms with van der Waals surface area (Å²) in [6, 6.07) is 2.62. The number of amides is 2. The van der Waals surface area contributed by atoms with Gasteiger partial charge in [-0.1, -0.05) is 29.3 Å². The number of phenolic OH excluding ortho intramolecular Hbond substituents is 1. The Morgan fingerprint density at radius 1 is 1.40 bits per heavy atom. The number of nitrogens with two attached hydrogens (primary N) is 1. The lowest BCUT2D eigenvalue weighted by Crippen LogP contribution is -2.36. The van der Waals surface area contributed by atoms with Gasteiger partial charge in [0, 0.05) is 17.1 Å². The number of nitrogens with zero attached hydrogens (tertiary/aromatic N) is 3. The summed E-state index contributed by atoms with van der Waals surface area (Å²) in [6.07, 6.45) is 1.59. The van der Waals surface area contributed by atoms with Crippen molar-refractivity contribution in [1.29, 1.82) is 0 Å². The van der Waals surface area contributed by atoms with Gasteiger partial charge in [-0.3, -0.25) is 0 Å². The Labute approximate surface area is 154 Å². The van der Waals surface area contributed by atoms with E-state index < -0.39 is 0 Å². The number of anilines is 1. The molecule has 9 heteroatoms. The first-order valence-electron chi connectivity index (χ1n) is 7.38. The Bertz CT molecular complexity index is 849. The number of carbonyl (C=O) groups is 1. The van der Waals surface area contributed by atoms with Crippen LogP contribution >= 0.6 is 23.2 Å². The fourth-order valence-electron chi connectivity index (χ4n) is 2.69. The Kier molecular flexibility index (Phi) is 4.69. The van der Waals surface area contributed by atoms with Gasteiger partial charge < -0.3 is 21.1 Å². The molecule has 0 saturated heterocycles. The highest BCUT2D eigenvalue weighted by molar-refractivity contribution is 6.36. The lowest BCUT2D eigenvalue weighted by molar-refractivity contribution is 0.199. The highest BCUT2D eigenvalue weighted by atomic mass is 35.5. The summed E-state index contributed by atoms with van der Waals surface area (Å²) >= 11 is 12.1. The minimum absolute atomic E-state index is 0.0347. The number of halogens is 2. The molecule has 0 bridgehead atoms. The van der Waals surface area contributed by atoms with Crippen LogP contribution in [0.2, 0.25) is 10.0 Å². The van der Waals surface area contributed by atoms with Crippen LogP contribution in [-0.2, 0) is 13.1 Å². The molecule has 7 nitrogen and oxygen atoms in total. The number of nitrogen functional groups attached to an aromatic ring is 1. The number of hydrogen-bond acceptors (Lipinski definition) is 5. The molecular formula is C16H15Cl2N5O2. The molecule has 0 fully saturated rings. The first-order valence-corrected chi connectivity index (χ1v) is 8.13. The fraction of sp³-hybridized carbons (Fsp3) is 0.188. The number of fused-ring (bicyclic) bond motifs is 1. The monoisotopic (exact) mass is 379 g/mol. The number of rotatable bonds is 3. The molecule has 2 heterocycles. The quantitative estimate of drug-likeness (QED) is 0.711. The number of phenols is 1. The molecule has 0 spiro atoms. The molecule has 0 unspecified atom stereocenters. The Morgan fingerprint density at radius 3 is 2.84 bits per heavy atom. The molecular weight excluding hydrogens is 365 g/mol. The summed E-state index contributed by atoms with van der Waals surface area (Å²) in [6.45, 7) is 4.47. The average Bonchev–Trinajstić information content (AvgIpc) is 2.95. The van der Waals surface area contributed by atoms with Crippen LogP contribution in [0.1, 0.15) is 11.3 Å². The highest BCUT2D eigenvalue weighted by Gasteiger charge is 2.30. The molecule has 1 aromatic heterocycles. The molecule has 1 aliphatic heterocycles. The maximum Gasteiger partial charge on any atom is 0.318 e. The fourth-order valence-corrected chi connectivity index (χ4v) is 3.26. The van der Waals surface area contributed by atoms with Gasteiger partial charge in [0.2, 0.25) is 5.95 Å². The van der Waals surface area contributed by atoms with Crippen LogP contribution in [0, 0.1) is 0 Å². The maximum absolute atomic E-state index is 12.2. The zero-order valence-corrected chi connectivity index (χ0v) is 14.6. The predicted octanol–water partition coefficient (Wildman–Crippen LogP) is 2.95. The summed E-state index contributed by atoms with van der Waals surface area (Å²) in [5.41, 5.74) is 7.79.